The summed E-state index contributed by atoms with van der Waals surface area (Å²) in [5.41, 5.74) is 1.94. The van der Waals surface area contributed by atoms with Crippen LogP contribution < -0.4 is 0 Å². The van der Waals surface area contributed by atoms with E-state index in [2.05, 4.69) is 53.5 Å². The molecule has 5 aromatic rings. The van der Waals surface area contributed by atoms with Crippen LogP contribution in [0.4, 0.5) is 0 Å². The molecule has 1 aliphatic rings. The highest BCUT2D eigenvalue weighted by Crippen LogP contribution is 2.36. The van der Waals surface area contributed by atoms with Gasteiger partial charge in [-0.2, -0.15) is 0 Å². The number of hydrogen-bond donors (Lipinski definition) is 0. The molecule has 0 bridgehead atoms. The highest BCUT2D eigenvalue weighted by atomic mass is 35.5. The molecule has 30 heavy (non-hydrogen) atoms. The van der Waals surface area contributed by atoms with Gasteiger partial charge in [0.15, 0.2) is 5.70 Å². The zero-order valence-electron chi connectivity index (χ0n) is 15.7. The first-order valence-corrected chi connectivity index (χ1v) is 10.0. The van der Waals surface area contributed by atoms with E-state index in [1.54, 1.807) is 30.3 Å². The summed E-state index contributed by atoms with van der Waals surface area (Å²) in [6.07, 6.45) is 1.80. The zero-order valence-corrected chi connectivity index (χ0v) is 16.5. The van der Waals surface area contributed by atoms with Gasteiger partial charge in [-0.1, -0.05) is 66.2 Å². The molecule has 0 unspecified atom stereocenters. The molecule has 0 spiro atoms. The van der Waals surface area contributed by atoms with Crippen molar-refractivity contribution < 1.29 is 9.53 Å². The first-order chi connectivity index (χ1) is 14.7. The van der Waals surface area contributed by atoms with Gasteiger partial charge in [-0.05, 0) is 68.2 Å². The van der Waals surface area contributed by atoms with Gasteiger partial charge in [0.25, 0.3) is 0 Å². The maximum absolute atomic E-state index is 12.5. The van der Waals surface area contributed by atoms with Crippen LogP contribution in [0.1, 0.15) is 11.1 Å². The number of ether oxygens (including phenoxy) is 1. The molecule has 0 aromatic heterocycles. The number of hydrogen-bond acceptors (Lipinski definition) is 3. The standard InChI is InChI=1S/C26H14ClNO2/c27-20-11-8-18(9-12-20)25-28-22(26(29)30-25)14-19-7-6-17-5-4-15-2-1-3-16-10-13-21(19)24(17)23(15)16/h1-14H. The number of nitrogens with zero attached hydrogens (tertiary/aromatic N) is 1. The maximum atomic E-state index is 12.5. The molecule has 0 saturated heterocycles. The average molecular weight is 408 g/mol. The molecule has 0 saturated carbocycles. The fourth-order valence-electron chi connectivity index (χ4n) is 4.16. The Bertz CT molecular complexity index is 1510. The van der Waals surface area contributed by atoms with E-state index in [9.17, 15) is 4.79 Å². The quantitative estimate of drug-likeness (QED) is 0.188. The van der Waals surface area contributed by atoms with Gasteiger partial charge in [-0.15, -0.1) is 0 Å². The lowest BCUT2D eigenvalue weighted by Gasteiger charge is -2.12. The molecule has 0 amide bonds. The van der Waals surface area contributed by atoms with Gasteiger partial charge in [0.05, 0.1) is 0 Å². The summed E-state index contributed by atoms with van der Waals surface area (Å²) in [4.78, 5) is 16.9. The van der Waals surface area contributed by atoms with E-state index in [1.165, 1.54) is 26.9 Å². The average Bonchev–Trinajstić information content (AvgIpc) is 3.13. The Hall–Kier alpha value is -3.69. The van der Waals surface area contributed by atoms with E-state index in [0.717, 1.165) is 10.9 Å². The van der Waals surface area contributed by atoms with Gasteiger partial charge >= 0.3 is 5.97 Å². The molecule has 0 N–H and O–H groups in total. The first-order valence-electron chi connectivity index (χ1n) is 9.62. The topological polar surface area (TPSA) is 38.7 Å². The van der Waals surface area contributed by atoms with Crippen molar-refractivity contribution in [2.24, 2.45) is 4.99 Å². The molecule has 1 heterocycles. The molecule has 0 atom stereocenters. The molecule has 142 valence electrons. The van der Waals surface area contributed by atoms with E-state index in [1.807, 2.05) is 6.07 Å². The number of rotatable bonds is 2. The number of carbonyl (C=O) groups is 1. The van der Waals surface area contributed by atoms with E-state index in [0.29, 0.717) is 16.5 Å². The van der Waals surface area contributed by atoms with Crippen molar-refractivity contribution in [1.29, 1.82) is 0 Å². The van der Waals surface area contributed by atoms with Crippen LogP contribution in [0.3, 0.4) is 0 Å². The largest absolute Gasteiger partial charge is 0.402 e. The van der Waals surface area contributed by atoms with Gasteiger partial charge in [-0.25, -0.2) is 9.79 Å². The third-order valence-corrected chi connectivity index (χ3v) is 5.82. The number of esters is 1. The fraction of sp³-hybridized carbons (Fsp3) is 0. The van der Waals surface area contributed by atoms with Crippen molar-refractivity contribution >= 4 is 61.9 Å². The van der Waals surface area contributed by atoms with E-state index >= 15 is 0 Å². The van der Waals surface area contributed by atoms with Crippen LogP contribution in [0, 0.1) is 0 Å². The molecule has 0 radical (unpaired) electrons. The first kappa shape index (κ1) is 17.2. The molecule has 6 rings (SSSR count). The van der Waals surface area contributed by atoms with Crippen molar-refractivity contribution in [2.45, 2.75) is 0 Å². The van der Waals surface area contributed by atoms with E-state index < -0.39 is 5.97 Å². The highest BCUT2D eigenvalue weighted by molar-refractivity contribution is 6.30. The monoisotopic (exact) mass is 407 g/mol. The van der Waals surface area contributed by atoms with Crippen LogP contribution in [0.5, 0.6) is 0 Å². The van der Waals surface area contributed by atoms with Crippen LogP contribution in [-0.2, 0) is 9.53 Å². The van der Waals surface area contributed by atoms with Crippen LogP contribution in [-0.4, -0.2) is 11.9 Å². The van der Waals surface area contributed by atoms with Crippen molar-refractivity contribution in [3.63, 3.8) is 0 Å². The van der Waals surface area contributed by atoms with Gasteiger partial charge in [0.1, 0.15) is 0 Å². The van der Waals surface area contributed by atoms with Crippen molar-refractivity contribution in [2.75, 3.05) is 0 Å². The number of benzene rings is 5. The lowest BCUT2D eigenvalue weighted by atomic mass is 9.92. The number of halogens is 1. The molecule has 1 aliphatic heterocycles. The minimum absolute atomic E-state index is 0.287. The Morgan fingerprint density at radius 2 is 1.43 bits per heavy atom. The summed E-state index contributed by atoms with van der Waals surface area (Å²) < 4.78 is 5.40. The predicted molar refractivity (Wildman–Crippen MR) is 122 cm³/mol. The smallest absolute Gasteiger partial charge is 0.363 e. The third-order valence-electron chi connectivity index (χ3n) is 5.57. The lowest BCUT2D eigenvalue weighted by molar-refractivity contribution is -0.129. The maximum Gasteiger partial charge on any atom is 0.363 e. The summed E-state index contributed by atoms with van der Waals surface area (Å²) in [7, 11) is 0. The molecule has 3 nitrogen and oxygen atoms in total. The van der Waals surface area contributed by atoms with Gasteiger partial charge in [0, 0.05) is 10.6 Å². The Morgan fingerprint density at radius 3 is 2.20 bits per heavy atom. The van der Waals surface area contributed by atoms with Gasteiger partial charge < -0.3 is 4.74 Å². The second kappa shape index (κ2) is 6.41. The molecule has 4 heteroatoms. The fourth-order valence-corrected chi connectivity index (χ4v) is 4.28. The van der Waals surface area contributed by atoms with Crippen LogP contribution in [0.25, 0.3) is 38.4 Å². The molecular formula is C26H14ClNO2. The van der Waals surface area contributed by atoms with E-state index in [4.69, 9.17) is 16.3 Å². The predicted octanol–water partition coefficient (Wildman–Crippen LogP) is 6.58. The number of cyclic esters (lactones) is 1. The molecule has 0 aliphatic carbocycles. The summed E-state index contributed by atoms with van der Waals surface area (Å²) in [5, 5.41) is 7.74. The summed E-state index contributed by atoms with van der Waals surface area (Å²) in [5.74, 6) is -0.161. The minimum Gasteiger partial charge on any atom is -0.402 e. The second-order valence-electron chi connectivity index (χ2n) is 7.35. The van der Waals surface area contributed by atoms with Gasteiger partial charge in [-0.3, -0.25) is 0 Å². The van der Waals surface area contributed by atoms with E-state index in [-0.39, 0.29) is 5.70 Å². The van der Waals surface area contributed by atoms with Crippen LogP contribution in [0.15, 0.2) is 89.6 Å². The lowest BCUT2D eigenvalue weighted by Crippen LogP contribution is -2.05. The van der Waals surface area contributed by atoms with Crippen molar-refractivity contribution in [3.8, 4) is 0 Å². The second-order valence-corrected chi connectivity index (χ2v) is 7.79. The molecular weight excluding hydrogens is 394 g/mol. The third kappa shape index (κ3) is 2.60. The van der Waals surface area contributed by atoms with Crippen LogP contribution >= 0.6 is 11.6 Å². The zero-order chi connectivity index (χ0) is 20.2. The molecule has 0 fully saturated rings. The minimum atomic E-state index is -0.453. The molecule has 5 aromatic carbocycles. The SMILES string of the molecule is O=C1OC(c2ccc(Cl)cc2)=NC1=Cc1ccc2ccc3cccc4ccc1c2c34. The van der Waals surface area contributed by atoms with Crippen molar-refractivity contribution in [1.82, 2.24) is 0 Å². The Kier molecular flexibility index (Phi) is 3.67. The van der Waals surface area contributed by atoms with Gasteiger partial charge in [0.2, 0.25) is 5.90 Å². The van der Waals surface area contributed by atoms with Crippen molar-refractivity contribution in [3.05, 3.63) is 101 Å². The van der Waals surface area contributed by atoms with Crippen LogP contribution in [0.2, 0.25) is 5.02 Å². The normalized spacial score (nSPS) is 15.4. The number of aliphatic imine (C=N–C) groups is 1. The Balaban J connectivity index is 1.53. The summed E-state index contributed by atoms with van der Waals surface area (Å²) in [6, 6.07) is 26.0. The Labute approximate surface area is 177 Å². The number of carbonyl (C=O) groups excluding carboxylic acids is 1. The summed E-state index contributed by atoms with van der Waals surface area (Å²) in [6.45, 7) is 0. The Morgan fingerprint density at radius 1 is 0.767 bits per heavy atom. The highest BCUT2D eigenvalue weighted by Gasteiger charge is 2.24. The summed E-state index contributed by atoms with van der Waals surface area (Å²) >= 11 is 5.94.